The van der Waals surface area contributed by atoms with Gasteiger partial charge in [0.2, 0.25) is 0 Å². The summed E-state index contributed by atoms with van der Waals surface area (Å²) >= 11 is 1.04. The first-order valence-corrected chi connectivity index (χ1v) is 11.2. The van der Waals surface area contributed by atoms with Crippen molar-refractivity contribution >= 4 is 50.8 Å². The highest BCUT2D eigenvalue weighted by Gasteiger charge is 2.16. The molecule has 4 rings (SSSR count). The first kappa shape index (κ1) is 24.5. The molecule has 0 spiro atoms. The summed E-state index contributed by atoms with van der Waals surface area (Å²) in [6, 6.07) is 10.2. The maximum atomic E-state index is 14.7. The van der Waals surface area contributed by atoms with Crippen molar-refractivity contribution in [3.8, 4) is 11.5 Å². The summed E-state index contributed by atoms with van der Waals surface area (Å²) in [4.78, 5) is 39.4. The fourth-order valence-electron chi connectivity index (χ4n) is 3.15. The van der Waals surface area contributed by atoms with E-state index in [4.69, 9.17) is 9.84 Å². The van der Waals surface area contributed by atoms with Crippen LogP contribution in [0.1, 0.15) is 15.2 Å². The molecule has 0 fully saturated rings. The van der Waals surface area contributed by atoms with Gasteiger partial charge in [-0.3, -0.25) is 14.6 Å². The van der Waals surface area contributed by atoms with Crippen LogP contribution in [-0.2, 0) is 4.79 Å². The highest BCUT2D eigenvalue weighted by atomic mass is 32.1. The number of ether oxygens (including phenoxy) is 1. The molecule has 2 heterocycles. The van der Waals surface area contributed by atoms with Crippen molar-refractivity contribution in [2.45, 2.75) is 6.92 Å². The van der Waals surface area contributed by atoms with Crippen molar-refractivity contribution in [1.29, 1.82) is 0 Å². The number of aliphatic carboxylic acids is 1. The number of urea groups is 1. The predicted molar refractivity (Wildman–Crippen MR) is 130 cm³/mol. The Morgan fingerprint density at radius 3 is 2.53 bits per heavy atom. The molecule has 2 aromatic heterocycles. The smallest absolute Gasteiger partial charge is 0.323 e. The average molecular weight is 512 g/mol. The number of hydrogen-bond donors (Lipinski definition) is 4. The number of halogens is 2. The van der Waals surface area contributed by atoms with E-state index in [0.717, 1.165) is 23.0 Å². The minimum atomic E-state index is -1.17. The zero-order valence-corrected chi connectivity index (χ0v) is 19.4. The van der Waals surface area contributed by atoms with Gasteiger partial charge in [-0.15, -0.1) is 11.3 Å². The monoisotopic (exact) mass is 512 g/mol. The van der Waals surface area contributed by atoms with Crippen LogP contribution in [0.3, 0.4) is 0 Å². The lowest BCUT2D eigenvalue weighted by Gasteiger charge is -2.11. The largest absolute Gasteiger partial charge is 0.480 e. The number of rotatable bonds is 7. The number of pyridine rings is 1. The van der Waals surface area contributed by atoms with E-state index in [2.05, 4.69) is 20.9 Å². The molecule has 0 aliphatic rings. The van der Waals surface area contributed by atoms with Crippen LogP contribution in [0.5, 0.6) is 11.5 Å². The molecule has 0 aliphatic carbocycles. The van der Waals surface area contributed by atoms with Gasteiger partial charge in [0.1, 0.15) is 29.7 Å². The maximum Gasteiger partial charge on any atom is 0.323 e. The minimum absolute atomic E-state index is 0.0403. The fourth-order valence-corrected chi connectivity index (χ4v) is 4.13. The Morgan fingerprint density at radius 1 is 1.00 bits per heavy atom. The SMILES string of the molecule is Cc1ccc(F)c(NC(=O)Nc2ccc(Oc3ccnc4cc(C(=O)NCC(=O)O)sc34)cc2F)c1. The van der Waals surface area contributed by atoms with Crippen LogP contribution in [0, 0.1) is 18.6 Å². The van der Waals surface area contributed by atoms with Crippen molar-refractivity contribution in [2.24, 2.45) is 0 Å². The number of hydrogen-bond acceptors (Lipinski definition) is 6. The van der Waals surface area contributed by atoms with Crippen molar-refractivity contribution in [2.75, 3.05) is 17.2 Å². The third-order valence-electron chi connectivity index (χ3n) is 4.79. The molecule has 2 aromatic carbocycles. The van der Waals surface area contributed by atoms with Crippen LogP contribution in [0.15, 0.2) is 54.7 Å². The highest BCUT2D eigenvalue weighted by Crippen LogP contribution is 2.35. The number of aromatic nitrogens is 1. The number of amides is 3. The summed E-state index contributed by atoms with van der Waals surface area (Å²) in [6.45, 7) is 1.21. The summed E-state index contributed by atoms with van der Waals surface area (Å²) in [6.07, 6.45) is 1.45. The minimum Gasteiger partial charge on any atom is -0.480 e. The fraction of sp³-hybridized carbons (Fsp3) is 0.0833. The van der Waals surface area contributed by atoms with Crippen LogP contribution >= 0.6 is 11.3 Å². The topological polar surface area (TPSA) is 130 Å². The molecule has 0 saturated carbocycles. The standard InChI is InChI=1S/C24H18F2N4O5S/c1-12-2-4-14(25)17(8-12)30-24(34)29-16-5-3-13(9-15(16)26)35-19-6-7-27-18-10-20(36-22(18)19)23(33)28-11-21(31)32/h2-10H,11H2,1H3,(H,28,33)(H,31,32)(H2,29,30,34). The van der Waals surface area contributed by atoms with Gasteiger partial charge >= 0.3 is 12.0 Å². The molecule has 3 amide bonds. The first-order chi connectivity index (χ1) is 17.2. The number of nitrogens with one attached hydrogen (secondary N) is 3. The molecule has 0 saturated heterocycles. The van der Waals surface area contributed by atoms with Crippen LogP contribution in [0.25, 0.3) is 10.2 Å². The molecule has 4 N–H and O–H groups in total. The number of carbonyl (C=O) groups excluding carboxylic acids is 2. The molecular weight excluding hydrogens is 494 g/mol. The van der Waals surface area contributed by atoms with E-state index in [0.29, 0.717) is 16.0 Å². The van der Waals surface area contributed by atoms with E-state index in [-0.39, 0.29) is 22.0 Å². The van der Waals surface area contributed by atoms with Gasteiger partial charge in [-0.2, -0.15) is 0 Å². The second kappa shape index (κ2) is 10.4. The zero-order chi connectivity index (χ0) is 25.8. The maximum absolute atomic E-state index is 14.7. The first-order valence-electron chi connectivity index (χ1n) is 10.4. The van der Waals surface area contributed by atoms with E-state index < -0.39 is 36.1 Å². The third kappa shape index (κ3) is 5.73. The molecule has 184 valence electrons. The number of carboxylic acid groups (broad SMARTS) is 1. The van der Waals surface area contributed by atoms with E-state index >= 15 is 0 Å². The summed E-state index contributed by atoms with van der Waals surface area (Å²) in [5.41, 5.74) is 0.989. The molecule has 12 heteroatoms. The molecule has 0 atom stereocenters. The van der Waals surface area contributed by atoms with Crippen LogP contribution in [-0.4, -0.2) is 34.5 Å². The number of anilines is 2. The van der Waals surface area contributed by atoms with E-state index in [1.165, 1.54) is 42.6 Å². The van der Waals surface area contributed by atoms with Gasteiger partial charge in [0.05, 0.1) is 26.5 Å². The van der Waals surface area contributed by atoms with Gasteiger partial charge in [0, 0.05) is 18.3 Å². The zero-order valence-electron chi connectivity index (χ0n) is 18.6. The summed E-state index contributed by atoms with van der Waals surface area (Å²) in [7, 11) is 0. The Hall–Kier alpha value is -4.58. The Morgan fingerprint density at radius 2 is 1.78 bits per heavy atom. The predicted octanol–water partition coefficient (Wildman–Crippen LogP) is 5.13. The second-order valence-corrected chi connectivity index (χ2v) is 8.57. The number of fused-ring (bicyclic) bond motifs is 1. The van der Waals surface area contributed by atoms with E-state index in [1.54, 1.807) is 13.0 Å². The molecule has 9 nitrogen and oxygen atoms in total. The molecule has 4 aromatic rings. The lowest BCUT2D eigenvalue weighted by atomic mass is 10.2. The van der Waals surface area contributed by atoms with Gasteiger partial charge in [-0.1, -0.05) is 6.07 Å². The van der Waals surface area contributed by atoms with Gasteiger partial charge in [0.25, 0.3) is 5.91 Å². The summed E-state index contributed by atoms with van der Waals surface area (Å²) < 4.78 is 34.8. The molecular formula is C24H18F2N4O5S. The van der Waals surface area contributed by atoms with Gasteiger partial charge in [-0.05, 0) is 42.8 Å². The Kier molecular flexibility index (Phi) is 7.06. The number of nitrogens with zero attached hydrogens (tertiary/aromatic N) is 1. The van der Waals surface area contributed by atoms with E-state index in [9.17, 15) is 23.2 Å². The van der Waals surface area contributed by atoms with Crippen molar-refractivity contribution in [1.82, 2.24) is 10.3 Å². The Balaban J connectivity index is 1.47. The van der Waals surface area contributed by atoms with Crippen molar-refractivity contribution < 1.29 is 33.0 Å². The Bertz CT molecular complexity index is 1490. The third-order valence-corrected chi connectivity index (χ3v) is 5.92. The quantitative estimate of drug-likeness (QED) is 0.272. The van der Waals surface area contributed by atoms with Gasteiger partial charge < -0.3 is 25.8 Å². The summed E-state index contributed by atoms with van der Waals surface area (Å²) in [5, 5.41) is 15.6. The van der Waals surface area contributed by atoms with Gasteiger partial charge in [-0.25, -0.2) is 13.6 Å². The number of thiophene rings is 1. The number of benzene rings is 2. The summed E-state index contributed by atoms with van der Waals surface area (Å²) in [5.74, 6) is -2.75. The highest BCUT2D eigenvalue weighted by molar-refractivity contribution is 7.21. The van der Waals surface area contributed by atoms with E-state index in [1.807, 2.05) is 0 Å². The van der Waals surface area contributed by atoms with Crippen LogP contribution < -0.4 is 20.7 Å². The normalized spacial score (nSPS) is 10.6. The second-order valence-electron chi connectivity index (χ2n) is 7.52. The van der Waals surface area contributed by atoms with Crippen LogP contribution in [0.4, 0.5) is 25.0 Å². The van der Waals surface area contributed by atoms with Crippen molar-refractivity contribution in [3.63, 3.8) is 0 Å². The number of aryl methyl sites for hydroxylation is 1. The number of carbonyl (C=O) groups is 3. The lowest BCUT2D eigenvalue weighted by Crippen LogP contribution is -2.28. The number of carboxylic acids is 1. The average Bonchev–Trinajstić information content (AvgIpc) is 3.27. The molecule has 0 radical (unpaired) electrons. The van der Waals surface area contributed by atoms with Crippen molar-refractivity contribution in [3.05, 3.63) is 76.8 Å². The lowest BCUT2D eigenvalue weighted by molar-refractivity contribution is -0.135. The molecule has 0 bridgehead atoms. The van der Waals surface area contributed by atoms with Gasteiger partial charge in [0.15, 0.2) is 0 Å². The molecule has 36 heavy (non-hydrogen) atoms. The Labute approximate surface area is 206 Å². The molecule has 0 aliphatic heterocycles. The van der Waals surface area contributed by atoms with Crippen LogP contribution in [0.2, 0.25) is 0 Å². The molecule has 0 unspecified atom stereocenters.